The Hall–Kier alpha value is -3.47. The van der Waals surface area contributed by atoms with Crippen LogP contribution >= 0.6 is 0 Å². The SMILES string of the molecule is O=[N+]([O-])c1ccc(-c2nc3ccccn3c2Cc2ccccc2)cc1. The highest BCUT2D eigenvalue weighted by molar-refractivity contribution is 5.68. The van der Waals surface area contributed by atoms with Crippen molar-refractivity contribution in [1.29, 1.82) is 0 Å². The standard InChI is InChI=1S/C20H15N3O2/c24-23(25)17-11-9-16(10-12-17)20-18(14-15-6-2-1-3-7-15)22-13-5-4-8-19(22)21-20/h1-13H,14H2. The van der Waals surface area contributed by atoms with Crippen molar-refractivity contribution in [3.63, 3.8) is 0 Å². The Bertz CT molecular complexity index is 1040. The van der Waals surface area contributed by atoms with E-state index in [0.717, 1.165) is 29.0 Å². The van der Waals surface area contributed by atoms with Crippen LogP contribution in [0.25, 0.3) is 16.9 Å². The lowest BCUT2D eigenvalue weighted by Crippen LogP contribution is -1.96. The summed E-state index contributed by atoms with van der Waals surface area (Å²) in [5.41, 5.74) is 4.93. The molecule has 4 aromatic rings. The quantitative estimate of drug-likeness (QED) is 0.409. The van der Waals surface area contributed by atoms with E-state index in [1.807, 2.05) is 42.6 Å². The zero-order valence-corrected chi connectivity index (χ0v) is 13.4. The summed E-state index contributed by atoms with van der Waals surface area (Å²) in [6.07, 6.45) is 2.73. The number of pyridine rings is 1. The monoisotopic (exact) mass is 329 g/mol. The summed E-state index contributed by atoms with van der Waals surface area (Å²) in [5.74, 6) is 0. The molecule has 2 aromatic heterocycles. The molecule has 0 radical (unpaired) electrons. The Morgan fingerprint density at radius 3 is 2.36 bits per heavy atom. The molecule has 0 saturated heterocycles. The van der Waals surface area contributed by atoms with Crippen molar-refractivity contribution >= 4 is 11.3 Å². The molecule has 2 aromatic carbocycles. The Labute approximate surface area is 144 Å². The fourth-order valence-electron chi connectivity index (χ4n) is 2.98. The highest BCUT2D eigenvalue weighted by atomic mass is 16.6. The molecule has 0 fully saturated rings. The minimum absolute atomic E-state index is 0.0807. The Kier molecular flexibility index (Phi) is 3.74. The van der Waals surface area contributed by atoms with Crippen molar-refractivity contribution in [2.24, 2.45) is 0 Å². The normalized spacial score (nSPS) is 10.9. The molecular formula is C20H15N3O2. The van der Waals surface area contributed by atoms with E-state index in [1.165, 1.54) is 17.7 Å². The van der Waals surface area contributed by atoms with Crippen LogP contribution in [0.4, 0.5) is 5.69 Å². The third kappa shape index (κ3) is 2.87. The van der Waals surface area contributed by atoms with E-state index < -0.39 is 4.92 Å². The number of non-ortho nitro benzene ring substituents is 1. The molecule has 5 heteroatoms. The lowest BCUT2D eigenvalue weighted by Gasteiger charge is -2.06. The first-order valence-corrected chi connectivity index (χ1v) is 7.97. The second-order valence-corrected chi connectivity index (χ2v) is 5.80. The summed E-state index contributed by atoms with van der Waals surface area (Å²) in [5, 5.41) is 10.9. The number of imidazole rings is 1. The van der Waals surface area contributed by atoms with E-state index in [1.54, 1.807) is 12.1 Å². The molecule has 5 nitrogen and oxygen atoms in total. The largest absolute Gasteiger partial charge is 0.303 e. The Morgan fingerprint density at radius 2 is 1.64 bits per heavy atom. The van der Waals surface area contributed by atoms with Gasteiger partial charge in [0.2, 0.25) is 0 Å². The molecule has 0 aliphatic rings. The first kappa shape index (κ1) is 15.1. The number of rotatable bonds is 4. The minimum Gasteiger partial charge on any atom is -0.303 e. The maximum atomic E-state index is 10.9. The number of benzene rings is 2. The fourth-order valence-corrected chi connectivity index (χ4v) is 2.98. The van der Waals surface area contributed by atoms with E-state index in [0.29, 0.717) is 0 Å². The number of fused-ring (bicyclic) bond motifs is 1. The minimum atomic E-state index is -0.391. The van der Waals surface area contributed by atoms with Crippen LogP contribution in [0.2, 0.25) is 0 Å². The zero-order valence-electron chi connectivity index (χ0n) is 13.4. The molecule has 0 aliphatic heterocycles. The van der Waals surface area contributed by atoms with Gasteiger partial charge in [-0.3, -0.25) is 10.1 Å². The molecular weight excluding hydrogens is 314 g/mol. The van der Waals surface area contributed by atoms with E-state index >= 15 is 0 Å². The van der Waals surface area contributed by atoms with Gasteiger partial charge in [0.15, 0.2) is 0 Å². The molecule has 0 bridgehead atoms. The molecule has 0 saturated carbocycles. The van der Waals surface area contributed by atoms with Gasteiger partial charge in [0.1, 0.15) is 5.65 Å². The third-order valence-electron chi connectivity index (χ3n) is 4.19. The van der Waals surface area contributed by atoms with Gasteiger partial charge in [-0.25, -0.2) is 4.98 Å². The number of nitro benzene ring substituents is 1. The van der Waals surface area contributed by atoms with E-state index in [9.17, 15) is 10.1 Å². The van der Waals surface area contributed by atoms with Gasteiger partial charge in [-0.1, -0.05) is 36.4 Å². The zero-order chi connectivity index (χ0) is 17.2. The fraction of sp³-hybridized carbons (Fsp3) is 0.0500. The molecule has 0 amide bonds. The van der Waals surface area contributed by atoms with Crippen molar-refractivity contribution in [2.45, 2.75) is 6.42 Å². The van der Waals surface area contributed by atoms with Crippen LogP contribution in [0, 0.1) is 10.1 Å². The summed E-state index contributed by atoms with van der Waals surface area (Å²) >= 11 is 0. The van der Waals surface area contributed by atoms with Crippen LogP contribution in [-0.2, 0) is 6.42 Å². The number of hydrogen-bond donors (Lipinski definition) is 0. The van der Waals surface area contributed by atoms with E-state index in [2.05, 4.69) is 16.5 Å². The van der Waals surface area contributed by atoms with Crippen LogP contribution in [0.5, 0.6) is 0 Å². The predicted octanol–water partition coefficient (Wildman–Crippen LogP) is 4.50. The molecule has 0 spiro atoms. The van der Waals surface area contributed by atoms with Gasteiger partial charge in [0.05, 0.1) is 16.3 Å². The number of hydrogen-bond acceptors (Lipinski definition) is 3. The van der Waals surface area contributed by atoms with Gasteiger partial charge in [0.25, 0.3) is 5.69 Å². The molecule has 2 heterocycles. The van der Waals surface area contributed by atoms with Crippen molar-refractivity contribution < 1.29 is 4.92 Å². The van der Waals surface area contributed by atoms with Crippen molar-refractivity contribution in [1.82, 2.24) is 9.38 Å². The third-order valence-corrected chi connectivity index (χ3v) is 4.19. The van der Waals surface area contributed by atoms with Gasteiger partial charge < -0.3 is 4.40 Å². The van der Waals surface area contributed by atoms with Gasteiger partial charge in [-0.15, -0.1) is 0 Å². The highest BCUT2D eigenvalue weighted by Crippen LogP contribution is 2.28. The first-order chi connectivity index (χ1) is 12.2. The van der Waals surface area contributed by atoms with Gasteiger partial charge in [0, 0.05) is 30.3 Å². The summed E-state index contributed by atoms with van der Waals surface area (Å²) in [4.78, 5) is 15.2. The number of aromatic nitrogens is 2. The van der Waals surface area contributed by atoms with Crippen LogP contribution in [0.15, 0.2) is 79.0 Å². The van der Waals surface area contributed by atoms with Gasteiger partial charge in [-0.2, -0.15) is 0 Å². The Balaban J connectivity index is 1.85. The van der Waals surface area contributed by atoms with E-state index in [-0.39, 0.29) is 5.69 Å². The summed E-state index contributed by atoms with van der Waals surface area (Å²) in [7, 11) is 0. The van der Waals surface area contributed by atoms with Crippen LogP contribution in [0.1, 0.15) is 11.3 Å². The molecule has 4 rings (SSSR count). The summed E-state index contributed by atoms with van der Waals surface area (Å²) in [6, 6.07) is 22.6. The van der Waals surface area contributed by atoms with Crippen molar-refractivity contribution in [3.8, 4) is 11.3 Å². The van der Waals surface area contributed by atoms with Gasteiger partial charge in [-0.05, 0) is 29.8 Å². The highest BCUT2D eigenvalue weighted by Gasteiger charge is 2.15. The number of nitro groups is 1. The van der Waals surface area contributed by atoms with Crippen molar-refractivity contribution in [3.05, 3.63) is 100 Å². The Morgan fingerprint density at radius 1 is 0.920 bits per heavy atom. The molecule has 122 valence electrons. The smallest absolute Gasteiger partial charge is 0.269 e. The lowest BCUT2D eigenvalue weighted by atomic mass is 10.0. The predicted molar refractivity (Wildman–Crippen MR) is 96.5 cm³/mol. The molecule has 0 aliphatic carbocycles. The van der Waals surface area contributed by atoms with Crippen molar-refractivity contribution in [2.75, 3.05) is 0 Å². The average molecular weight is 329 g/mol. The first-order valence-electron chi connectivity index (χ1n) is 7.97. The summed E-state index contributed by atoms with van der Waals surface area (Å²) in [6.45, 7) is 0. The van der Waals surface area contributed by atoms with Crippen LogP contribution in [0.3, 0.4) is 0 Å². The number of nitrogens with zero attached hydrogens (tertiary/aromatic N) is 3. The summed E-state index contributed by atoms with van der Waals surface area (Å²) < 4.78 is 2.07. The second kappa shape index (κ2) is 6.20. The molecule has 25 heavy (non-hydrogen) atoms. The molecule has 0 atom stereocenters. The molecule has 0 unspecified atom stereocenters. The molecule has 0 N–H and O–H groups in total. The maximum absolute atomic E-state index is 10.9. The van der Waals surface area contributed by atoms with E-state index in [4.69, 9.17) is 4.98 Å². The van der Waals surface area contributed by atoms with Gasteiger partial charge >= 0.3 is 0 Å². The lowest BCUT2D eigenvalue weighted by molar-refractivity contribution is -0.384. The van der Waals surface area contributed by atoms with Crippen LogP contribution in [-0.4, -0.2) is 14.3 Å². The topological polar surface area (TPSA) is 60.4 Å². The second-order valence-electron chi connectivity index (χ2n) is 5.80. The maximum Gasteiger partial charge on any atom is 0.269 e. The average Bonchev–Trinajstić information content (AvgIpc) is 3.01. The van der Waals surface area contributed by atoms with Crippen LogP contribution < -0.4 is 0 Å².